The van der Waals surface area contributed by atoms with Crippen LogP contribution < -0.4 is 10.0 Å². The molecule has 2 aromatic carbocycles. The maximum atomic E-state index is 13.6. The van der Waals surface area contributed by atoms with E-state index in [1.807, 2.05) is 0 Å². The number of sulfonamides is 1. The van der Waals surface area contributed by atoms with Crippen molar-refractivity contribution in [1.82, 2.24) is 0 Å². The summed E-state index contributed by atoms with van der Waals surface area (Å²) in [6.45, 7) is 0. The number of nitrogen functional groups attached to an aromatic ring is 1. The Hall–Kier alpha value is -2.15. The molecule has 0 aliphatic carbocycles. The Kier molecular flexibility index (Phi) is 3.63. The van der Waals surface area contributed by atoms with Crippen molar-refractivity contribution in [3.63, 3.8) is 0 Å². The highest BCUT2D eigenvalue weighted by Crippen LogP contribution is 2.24. The predicted molar refractivity (Wildman–Crippen MR) is 72.8 cm³/mol. The third-order valence-corrected chi connectivity index (χ3v) is 4.61. The largest absolute Gasteiger partial charge is 0.399 e. The molecule has 0 amide bonds. The zero-order chi connectivity index (χ0) is 14.9. The summed E-state index contributed by atoms with van der Waals surface area (Å²) in [6.07, 6.45) is 0. The van der Waals surface area contributed by atoms with Crippen molar-refractivity contribution in [2.75, 3.05) is 17.1 Å². The molecule has 0 atom stereocenters. The molecule has 4 nitrogen and oxygen atoms in total. The van der Waals surface area contributed by atoms with Crippen LogP contribution in [0.3, 0.4) is 0 Å². The van der Waals surface area contributed by atoms with E-state index in [1.165, 1.54) is 31.3 Å². The lowest BCUT2D eigenvalue weighted by Gasteiger charge is -2.19. The van der Waals surface area contributed by atoms with Gasteiger partial charge in [-0.2, -0.15) is 0 Å². The van der Waals surface area contributed by atoms with Crippen LogP contribution in [0.1, 0.15) is 0 Å². The third kappa shape index (κ3) is 2.57. The summed E-state index contributed by atoms with van der Waals surface area (Å²) in [7, 11) is -2.82. The first-order valence-electron chi connectivity index (χ1n) is 5.62. The number of nitrogens with two attached hydrogens (primary N) is 1. The summed E-state index contributed by atoms with van der Waals surface area (Å²) in [5.74, 6) is -1.97. The van der Waals surface area contributed by atoms with Gasteiger partial charge in [-0.25, -0.2) is 17.2 Å². The second kappa shape index (κ2) is 5.09. The molecular weight excluding hydrogens is 286 g/mol. The number of hydrogen-bond acceptors (Lipinski definition) is 3. The van der Waals surface area contributed by atoms with Crippen LogP contribution in [0.2, 0.25) is 0 Å². The molecule has 7 heteroatoms. The number of nitrogens with zero attached hydrogens (tertiary/aromatic N) is 1. The van der Waals surface area contributed by atoms with Crippen molar-refractivity contribution in [2.45, 2.75) is 4.90 Å². The van der Waals surface area contributed by atoms with E-state index in [-0.39, 0.29) is 0 Å². The minimum absolute atomic E-state index is 0.322. The van der Waals surface area contributed by atoms with Crippen molar-refractivity contribution >= 4 is 21.4 Å². The summed E-state index contributed by atoms with van der Waals surface area (Å²) in [6, 6.07) is 8.37. The molecule has 2 aromatic rings. The third-order valence-electron chi connectivity index (χ3n) is 2.79. The van der Waals surface area contributed by atoms with Crippen molar-refractivity contribution < 1.29 is 17.2 Å². The molecule has 0 saturated heterocycles. The van der Waals surface area contributed by atoms with Gasteiger partial charge in [-0.3, -0.25) is 4.31 Å². The Balaban J connectivity index is 2.46. The minimum atomic E-state index is -4.10. The molecule has 0 spiro atoms. The van der Waals surface area contributed by atoms with E-state index in [1.54, 1.807) is 0 Å². The summed E-state index contributed by atoms with van der Waals surface area (Å²) >= 11 is 0. The van der Waals surface area contributed by atoms with E-state index < -0.39 is 26.6 Å². The Labute approximate surface area is 115 Å². The van der Waals surface area contributed by atoms with Gasteiger partial charge in [0.05, 0.1) is 5.69 Å². The molecule has 0 aliphatic rings. The van der Waals surface area contributed by atoms with Crippen LogP contribution in [0.4, 0.5) is 20.2 Å². The number of halogens is 2. The van der Waals surface area contributed by atoms with Gasteiger partial charge in [-0.15, -0.1) is 0 Å². The van der Waals surface area contributed by atoms with Gasteiger partial charge >= 0.3 is 0 Å². The summed E-state index contributed by atoms with van der Waals surface area (Å²) in [4.78, 5) is -0.585. The lowest BCUT2D eigenvalue weighted by atomic mass is 10.3. The fraction of sp³-hybridized carbons (Fsp3) is 0.0769. The van der Waals surface area contributed by atoms with E-state index in [0.29, 0.717) is 17.4 Å². The number of benzene rings is 2. The van der Waals surface area contributed by atoms with Gasteiger partial charge in [0.15, 0.2) is 0 Å². The van der Waals surface area contributed by atoms with E-state index in [9.17, 15) is 17.2 Å². The molecule has 2 rings (SSSR count). The monoisotopic (exact) mass is 298 g/mol. The lowest BCUT2D eigenvalue weighted by Crippen LogP contribution is -2.27. The molecule has 0 unspecified atom stereocenters. The average molecular weight is 298 g/mol. The maximum absolute atomic E-state index is 13.6. The summed E-state index contributed by atoms with van der Waals surface area (Å²) in [5, 5.41) is 0. The van der Waals surface area contributed by atoms with Gasteiger partial charge in [0.25, 0.3) is 10.0 Å². The Morgan fingerprint density at radius 2 is 1.65 bits per heavy atom. The van der Waals surface area contributed by atoms with Crippen LogP contribution in [0.5, 0.6) is 0 Å². The topological polar surface area (TPSA) is 63.4 Å². The Morgan fingerprint density at radius 3 is 2.20 bits per heavy atom. The highest BCUT2D eigenvalue weighted by atomic mass is 32.2. The molecule has 0 saturated carbocycles. The average Bonchev–Trinajstić information content (AvgIpc) is 2.38. The maximum Gasteiger partial charge on any atom is 0.266 e. The molecular formula is C13H12F2N2O2S. The van der Waals surface area contributed by atoms with Gasteiger partial charge in [0, 0.05) is 18.8 Å². The fourth-order valence-corrected chi connectivity index (χ4v) is 2.89. The van der Waals surface area contributed by atoms with Crippen molar-refractivity contribution in [3.05, 3.63) is 54.1 Å². The van der Waals surface area contributed by atoms with Crippen LogP contribution in [0.15, 0.2) is 47.4 Å². The molecule has 0 heterocycles. The van der Waals surface area contributed by atoms with Crippen molar-refractivity contribution in [2.24, 2.45) is 0 Å². The van der Waals surface area contributed by atoms with Gasteiger partial charge in [-0.1, -0.05) is 0 Å². The van der Waals surface area contributed by atoms with Gasteiger partial charge < -0.3 is 5.73 Å². The first-order chi connectivity index (χ1) is 9.32. The smallest absolute Gasteiger partial charge is 0.266 e. The SMILES string of the molecule is CN(c1ccc(N)cc1)S(=O)(=O)c1ccc(F)cc1F. The fourth-order valence-electron chi connectivity index (χ4n) is 1.65. The summed E-state index contributed by atoms with van der Waals surface area (Å²) < 4.78 is 51.9. The molecule has 0 aromatic heterocycles. The second-order valence-electron chi connectivity index (χ2n) is 4.14. The number of hydrogen-bond donors (Lipinski definition) is 1. The van der Waals surface area contributed by atoms with Crippen LogP contribution in [-0.2, 0) is 10.0 Å². The van der Waals surface area contributed by atoms with Crippen LogP contribution in [0, 0.1) is 11.6 Å². The van der Waals surface area contributed by atoms with E-state index in [0.717, 1.165) is 16.4 Å². The zero-order valence-electron chi connectivity index (χ0n) is 10.5. The van der Waals surface area contributed by atoms with Crippen molar-refractivity contribution in [3.8, 4) is 0 Å². The van der Waals surface area contributed by atoms with Crippen LogP contribution in [-0.4, -0.2) is 15.5 Å². The van der Waals surface area contributed by atoms with Gasteiger partial charge in [0.2, 0.25) is 0 Å². The van der Waals surface area contributed by atoms with Gasteiger partial charge in [-0.05, 0) is 36.4 Å². The highest BCUT2D eigenvalue weighted by Gasteiger charge is 2.25. The zero-order valence-corrected chi connectivity index (χ0v) is 11.4. The van der Waals surface area contributed by atoms with E-state index >= 15 is 0 Å². The van der Waals surface area contributed by atoms with Crippen LogP contribution >= 0.6 is 0 Å². The first kappa shape index (κ1) is 14.3. The van der Waals surface area contributed by atoms with Crippen molar-refractivity contribution in [1.29, 1.82) is 0 Å². The minimum Gasteiger partial charge on any atom is -0.399 e. The quantitative estimate of drug-likeness (QED) is 0.885. The predicted octanol–water partition coefficient (Wildman–Crippen LogP) is 2.37. The number of rotatable bonds is 3. The summed E-state index contributed by atoms with van der Waals surface area (Å²) in [5.41, 5.74) is 6.32. The number of anilines is 2. The normalized spacial score (nSPS) is 11.3. The highest BCUT2D eigenvalue weighted by molar-refractivity contribution is 7.92. The first-order valence-corrected chi connectivity index (χ1v) is 7.06. The molecule has 20 heavy (non-hydrogen) atoms. The molecule has 0 radical (unpaired) electrons. The second-order valence-corrected chi connectivity index (χ2v) is 6.08. The molecule has 0 bridgehead atoms. The Morgan fingerprint density at radius 1 is 1.05 bits per heavy atom. The van der Waals surface area contributed by atoms with E-state index in [4.69, 9.17) is 5.73 Å². The molecule has 2 N–H and O–H groups in total. The van der Waals surface area contributed by atoms with E-state index in [2.05, 4.69) is 0 Å². The standard InChI is InChI=1S/C13H12F2N2O2S/c1-17(11-5-3-10(16)4-6-11)20(18,19)13-7-2-9(14)8-12(13)15/h2-8H,16H2,1H3. The molecule has 0 aliphatic heterocycles. The Bertz CT molecular complexity index is 731. The molecule has 0 fully saturated rings. The van der Waals surface area contributed by atoms with Crippen LogP contribution in [0.25, 0.3) is 0 Å². The van der Waals surface area contributed by atoms with Gasteiger partial charge in [0.1, 0.15) is 16.5 Å². The lowest BCUT2D eigenvalue weighted by molar-refractivity contribution is 0.548. The molecule has 106 valence electrons.